The highest BCUT2D eigenvalue weighted by molar-refractivity contribution is 4.78. The molecule has 0 unspecified atom stereocenters. The minimum atomic E-state index is -0.362. The van der Waals surface area contributed by atoms with Gasteiger partial charge in [0.2, 0.25) is 0 Å². The summed E-state index contributed by atoms with van der Waals surface area (Å²) in [6.45, 7) is 6.77. The van der Waals surface area contributed by atoms with Gasteiger partial charge in [0.25, 0.3) is 0 Å². The predicted octanol–water partition coefficient (Wildman–Crippen LogP) is 12.5. The Balaban J connectivity index is 3.27. The zero-order chi connectivity index (χ0) is 25.7. The van der Waals surface area contributed by atoms with E-state index in [9.17, 15) is 5.11 Å². The molecular weight excluding hydrogens is 424 g/mol. The van der Waals surface area contributed by atoms with Gasteiger partial charge in [-0.15, -0.1) is 0 Å². The second-order valence-electron chi connectivity index (χ2n) is 12.0. The summed E-state index contributed by atoms with van der Waals surface area (Å²) in [5.41, 5.74) is -0.362. The Morgan fingerprint density at radius 2 is 0.486 bits per heavy atom. The minimum Gasteiger partial charge on any atom is -0.390 e. The summed E-state index contributed by atoms with van der Waals surface area (Å²) in [5, 5.41) is 10.9. The summed E-state index contributed by atoms with van der Waals surface area (Å²) < 4.78 is 0. The van der Waals surface area contributed by atoms with Crippen LogP contribution in [0.2, 0.25) is 0 Å². The molecule has 1 heteroatoms. The molecule has 0 bridgehead atoms. The van der Waals surface area contributed by atoms with Crippen LogP contribution < -0.4 is 0 Å². The molecule has 212 valence electrons. The number of hydrogen-bond acceptors (Lipinski definition) is 1. The second kappa shape index (κ2) is 28.5. The van der Waals surface area contributed by atoms with E-state index in [2.05, 4.69) is 20.8 Å². The molecule has 1 N–H and O–H groups in total. The predicted molar refractivity (Wildman–Crippen MR) is 160 cm³/mol. The van der Waals surface area contributed by atoms with Gasteiger partial charge in [0.15, 0.2) is 0 Å². The van der Waals surface area contributed by atoms with Gasteiger partial charge in [0.05, 0.1) is 5.60 Å². The third-order valence-corrected chi connectivity index (χ3v) is 8.24. The van der Waals surface area contributed by atoms with E-state index in [1.807, 2.05) is 0 Å². The largest absolute Gasteiger partial charge is 0.390 e. The normalized spacial score (nSPS) is 12.0. The summed E-state index contributed by atoms with van der Waals surface area (Å²) in [5.74, 6) is 0. The third-order valence-electron chi connectivity index (χ3n) is 8.24. The van der Waals surface area contributed by atoms with Crippen LogP contribution in [0.25, 0.3) is 0 Å². The lowest BCUT2D eigenvalue weighted by Crippen LogP contribution is -2.28. The van der Waals surface area contributed by atoms with Crippen molar-refractivity contribution in [2.75, 3.05) is 0 Å². The highest BCUT2D eigenvalue weighted by Gasteiger charge is 2.24. The second-order valence-corrected chi connectivity index (χ2v) is 12.0. The molecule has 0 amide bonds. The molecule has 0 atom stereocenters. The van der Waals surface area contributed by atoms with Crippen molar-refractivity contribution in [3.63, 3.8) is 0 Å². The van der Waals surface area contributed by atoms with Gasteiger partial charge in [-0.3, -0.25) is 0 Å². The van der Waals surface area contributed by atoms with Crippen molar-refractivity contribution in [3.8, 4) is 0 Å². The van der Waals surface area contributed by atoms with Crippen LogP contribution in [0, 0.1) is 0 Å². The lowest BCUT2D eigenvalue weighted by atomic mass is 9.86. The summed E-state index contributed by atoms with van der Waals surface area (Å²) in [7, 11) is 0. The molecule has 0 aromatic rings. The van der Waals surface area contributed by atoms with E-state index >= 15 is 0 Å². The van der Waals surface area contributed by atoms with Crippen molar-refractivity contribution in [1.29, 1.82) is 0 Å². The average Bonchev–Trinajstić information content (AvgIpc) is 2.87. The fraction of sp³-hybridized carbons (Fsp3) is 1.00. The average molecular weight is 495 g/mol. The maximum atomic E-state index is 10.9. The highest BCUT2D eigenvalue weighted by atomic mass is 16.3. The molecule has 0 heterocycles. The van der Waals surface area contributed by atoms with Crippen molar-refractivity contribution in [2.24, 2.45) is 0 Å². The van der Waals surface area contributed by atoms with E-state index in [1.54, 1.807) is 0 Å². The first-order chi connectivity index (χ1) is 17.2. The standard InChI is InChI=1S/C34H70O/c1-4-7-10-11-12-13-14-15-16-17-18-19-20-21-22-23-24-25-26-27-28-29-30-33-34(35,31-8-5-2)32-9-6-3/h35H,4-33H2,1-3H3. The molecule has 0 saturated carbocycles. The molecule has 1 nitrogen and oxygen atoms in total. The lowest BCUT2D eigenvalue weighted by molar-refractivity contribution is 0.00788. The Kier molecular flexibility index (Phi) is 28.5. The van der Waals surface area contributed by atoms with Crippen LogP contribution >= 0.6 is 0 Å². The quantitative estimate of drug-likeness (QED) is 0.0984. The molecule has 35 heavy (non-hydrogen) atoms. The van der Waals surface area contributed by atoms with E-state index in [1.165, 1.54) is 173 Å². The molecule has 0 fully saturated rings. The van der Waals surface area contributed by atoms with Gasteiger partial charge in [0.1, 0.15) is 0 Å². The first-order valence-corrected chi connectivity index (χ1v) is 16.9. The summed E-state index contributed by atoms with van der Waals surface area (Å²) in [6.07, 6.45) is 40.9. The van der Waals surface area contributed by atoms with Crippen LogP contribution in [-0.2, 0) is 0 Å². The molecule has 0 aliphatic heterocycles. The maximum Gasteiger partial charge on any atom is 0.0647 e. The van der Waals surface area contributed by atoms with Crippen molar-refractivity contribution in [2.45, 2.75) is 219 Å². The Bertz CT molecular complexity index is 369. The smallest absolute Gasteiger partial charge is 0.0647 e. The summed E-state index contributed by atoms with van der Waals surface area (Å²) >= 11 is 0. The van der Waals surface area contributed by atoms with Crippen LogP contribution in [0.4, 0.5) is 0 Å². The topological polar surface area (TPSA) is 20.2 Å². The van der Waals surface area contributed by atoms with Crippen LogP contribution in [-0.4, -0.2) is 10.7 Å². The van der Waals surface area contributed by atoms with Crippen molar-refractivity contribution in [1.82, 2.24) is 0 Å². The zero-order valence-corrected chi connectivity index (χ0v) is 25.2. The molecule has 0 aromatic heterocycles. The van der Waals surface area contributed by atoms with Crippen molar-refractivity contribution in [3.05, 3.63) is 0 Å². The molecule has 0 saturated heterocycles. The molecular formula is C34H70O. The molecule has 0 aliphatic rings. The van der Waals surface area contributed by atoms with E-state index < -0.39 is 0 Å². The van der Waals surface area contributed by atoms with Gasteiger partial charge in [-0.05, 0) is 19.3 Å². The Hall–Kier alpha value is -0.0400. The lowest BCUT2D eigenvalue weighted by Gasteiger charge is -2.28. The fourth-order valence-electron chi connectivity index (χ4n) is 5.63. The summed E-state index contributed by atoms with van der Waals surface area (Å²) in [6, 6.07) is 0. The monoisotopic (exact) mass is 495 g/mol. The molecule has 0 radical (unpaired) electrons. The van der Waals surface area contributed by atoms with Gasteiger partial charge >= 0.3 is 0 Å². The van der Waals surface area contributed by atoms with E-state index in [0.29, 0.717) is 0 Å². The number of hydrogen-bond donors (Lipinski definition) is 1. The van der Waals surface area contributed by atoms with E-state index in [0.717, 1.165) is 19.3 Å². The van der Waals surface area contributed by atoms with Gasteiger partial charge in [-0.25, -0.2) is 0 Å². The van der Waals surface area contributed by atoms with Gasteiger partial charge in [-0.2, -0.15) is 0 Å². The Morgan fingerprint density at radius 3 is 0.743 bits per heavy atom. The molecule has 0 spiro atoms. The molecule has 0 aliphatic carbocycles. The number of unbranched alkanes of at least 4 members (excludes halogenated alkanes) is 24. The van der Waals surface area contributed by atoms with Crippen LogP contribution in [0.5, 0.6) is 0 Å². The maximum absolute atomic E-state index is 10.9. The van der Waals surface area contributed by atoms with Crippen molar-refractivity contribution < 1.29 is 5.11 Å². The van der Waals surface area contributed by atoms with Gasteiger partial charge < -0.3 is 5.11 Å². The molecule has 0 aromatic carbocycles. The van der Waals surface area contributed by atoms with E-state index in [-0.39, 0.29) is 5.60 Å². The fourth-order valence-corrected chi connectivity index (χ4v) is 5.63. The van der Waals surface area contributed by atoms with Crippen LogP contribution in [0.3, 0.4) is 0 Å². The van der Waals surface area contributed by atoms with Crippen LogP contribution in [0.1, 0.15) is 213 Å². The van der Waals surface area contributed by atoms with E-state index in [4.69, 9.17) is 0 Å². The van der Waals surface area contributed by atoms with Crippen molar-refractivity contribution >= 4 is 0 Å². The number of rotatable bonds is 30. The SMILES string of the molecule is CCCCCCCCCCCCCCCCCCCCCCCCCC(O)(CCCC)CCCC. The molecule has 0 rings (SSSR count). The Labute approximate surface area is 224 Å². The zero-order valence-electron chi connectivity index (χ0n) is 25.2. The first kappa shape index (κ1) is 35.0. The highest BCUT2D eigenvalue weighted by Crippen LogP contribution is 2.28. The minimum absolute atomic E-state index is 0.362. The van der Waals surface area contributed by atoms with Gasteiger partial charge in [-0.1, -0.05) is 194 Å². The van der Waals surface area contributed by atoms with Crippen LogP contribution in [0.15, 0.2) is 0 Å². The van der Waals surface area contributed by atoms with Gasteiger partial charge in [0, 0.05) is 0 Å². The third kappa shape index (κ3) is 26.8. The Morgan fingerprint density at radius 1 is 0.286 bits per heavy atom. The summed E-state index contributed by atoms with van der Waals surface area (Å²) in [4.78, 5) is 0. The number of aliphatic hydroxyl groups is 1. The first-order valence-electron chi connectivity index (χ1n) is 16.9.